The van der Waals surface area contributed by atoms with Gasteiger partial charge in [0.1, 0.15) is 0 Å². The Bertz CT molecular complexity index is 714. The molecule has 1 amide bonds. The number of hydrogen-bond donors (Lipinski definition) is 0. The first kappa shape index (κ1) is 16.6. The maximum atomic E-state index is 12.3. The van der Waals surface area contributed by atoms with Gasteiger partial charge in [-0.15, -0.1) is 0 Å². The van der Waals surface area contributed by atoms with E-state index in [9.17, 15) is 4.79 Å². The Morgan fingerprint density at radius 3 is 2.21 bits per heavy atom. The molecule has 0 saturated carbocycles. The summed E-state index contributed by atoms with van der Waals surface area (Å²) in [6.45, 7) is 5.20. The highest BCUT2D eigenvalue weighted by molar-refractivity contribution is 6.30. The molecule has 3 nitrogen and oxygen atoms in total. The van der Waals surface area contributed by atoms with Crippen LogP contribution in [0.4, 0.5) is 5.69 Å². The molecule has 1 heterocycles. The summed E-state index contributed by atoms with van der Waals surface area (Å²) in [5.74, 6) is 0.0753. The second-order valence-electron chi connectivity index (χ2n) is 6.03. The number of amides is 1. The van der Waals surface area contributed by atoms with Crippen molar-refractivity contribution in [3.05, 3.63) is 70.8 Å². The third-order valence-electron chi connectivity index (χ3n) is 4.28. The van der Waals surface area contributed by atoms with Gasteiger partial charge in [0.15, 0.2) is 0 Å². The number of carbonyl (C=O) groups is 1. The van der Waals surface area contributed by atoms with Crippen molar-refractivity contribution in [1.82, 2.24) is 4.90 Å². The molecule has 0 atom stereocenters. The van der Waals surface area contributed by atoms with Crippen LogP contribution in [0.5, 0.6) is 0 Å². The smallest absolute Gasteiger partial charge is 0.246 e. The molecule has 0 aromatic heterocycles. The van der Waals surface area contributed by atoms with Crippen LogP contribution in [-0.4, -0.2) is 37.0 Å². The number of rotatable bonds is 3. The standard InChI is InChI=1S/C20H21ClN2O/c1-16-2-4-17(5-3-16)6-11-20(24)23-14-12-22(13-15-23)19-9-7-18(21)8-10-19/h2-11H,12-15H2,1H3/b11-6+. The molecule has 0 radical (unpaired) electrons. The van der Waals surface area contributed by atoms with Gasteiger partial charge in [-0.1, -0.05) is 41.4 Å². The SMILES string of the molecule is Cc1ccc(/C=C/C(=O)N2CCN(c3ccc(Cl)cc3)CC2)cc1. The van der Waals surface area contributed by atoms with Gasteiger partial charge in [-0.05, 0) is 42.8 Å². The van der Waals surface area contributed by atoms with Crippen molar-refractivity contribution >= 4 is 29.3 Å². The van der Waals surface area contributed by atoms with E-state index in [1.165, 1.54) is 5.56 Å². The molecule has 0 aliphatic carbocycles. The van der Waals surface area contributed by atoms with Gasteiger partial charge in [-0.3, -0.25) is 4.79 Å². The molecule has 4 heteroatoms. The van der Waals surface area contributed by atoms with Gasteiger partial charge in [0.05, 0.1) is 0 Å². The fraction of sp³-hybridized carbons (Fsp3) is 0.250. The summed E-state index contributed by atoms with van der Waals surface area (Å²) in [4.78, 5) is 16.5. The second kappa shape index (κ2) is 7.54. The minimum absolute atomic E-state index is 0.0753. The number of halogens is 1. The monoisotopic (exact) mass is 340 g/mol. The molecule has 124 valence electrons. The quantitative estimate of drug-likeness (QED) is 0.788. The molecule has 2 aromatic carbocycles. The Morgan fingerprint density at radius 2 is 1.58 bits per heavy atom. The number of nitrogens with zero attached hydrogens (tertiary/aromatic N) is 2. The molecule has 1 fully saturated rings. The summed E-state index contributed by atoms with van der Waals surface area (Å²) < 4.78 is 0. The van der Waals surface area contributed by atoms with Gasteiger partial charge in [0.25, 0.3) is 0 Å². The Hall–Kier alpha value is -2.26. The Morgan fingerprint density at radius 1 is 0.958 bits per heavy atom. The number of aryl methyl sites for hydroxylation is 1. The van der Waals surface area contributed by atoms with Gasteiger partial charge in [0.2, 0.25) is 5.91 Å². The predicted octanol–water partition coefficient (Wildman–Crippen LogP) is 4.01. The van der Waals surface area contributed by atoms with Crippen LogP contribution in [0.25, 0.3) is 6.08 Å². The molecule has 1 saturated heterocycles. The number of carbonyl (C=O) groups excluding carboxylic acids is 1. The zero-order valence-corrected chi connectivity index (χ0v) is 14.5. The van der Waals surface area contributed by atoms with Gasteiger partial charge < -0.3 is 9.80 Å². The maximum Gasteiger partial charge on any atom is 0.246 e. The minimum Gasteiger partial charge on any atom is -0.368 e. The number of anilines is 1. The van der Waals surface area contributed by atoms with Crippen molar-refractivity contribution in [3.8, 4) is 0 Å². The van der Waals surface area contributed by atoms with E-state index >= 15 is 0 Å². The molecule has 0 N–H and O–H groups in total. The van der Waals surface area contributed by atoms with Crippen LogP contribution in [0.3, 0.4) is 0 Å². The van der Waals surface area contributed by atoms with E-state index < -0.39 is 0 Å². The van der Waals surface area contributed by atoms with E-state index in [0.29, 0.717) is 0 Å². The lowest BCUT2D eigenvalue weighted by Gasteiger charge is -2.35. The summed E-state index contributed by atoms with van der Waals surface area (Å²) in [7, 11) is 0. The van der Waals surface area contributed by atoms with Crippen molar-refractivity contribution in [2.24, 2.45) is 0 Å². The molecule has 3 rings (SSSR count). The molecule has 1 aliphatic rings. The molecule has 24 heavy (non-hydrogen) atoms. The van der Waals surface area contributed by atoms with Gasteiger partial charge in [-0.25, -0.2) is 0 Å². The minimum atomic E-state index is 0.0753. The van der Waals surface area contributed by atoms with Gasteiger partial charge in [-0.2, -0.15) is 0 Å². The average molecular weight is 341 g/mol. The maximum absolute atomic E-state index is 12.3. The van der Waals surface area contributed by atoms with Crippen LogP contribution in [0, 0.1) is 6.92 Å². The van der Waals surface area contributed by atoms with E-state index in [1.807, 2.05) is 47.4 Å². The van der Waals surface area contributed by atoms with E-state index in [-0.39, 0.29) is 5.91 Å². The molecule has 0 bridgehead atoms. The zero-order chi connectivity index (χ0) is 16.9. The van der Waals surface area contributed by atoms with Crippen LogP contribution in [0.15, 0.2) is 54.6 Å². The van der Waals surface area contributed by atoms with Crippen LogP contribution in [0.2, 0.25) is 5.02 Å². The third-order valence-corrected chi connectivity index (χ3v) is 4.53. The first-order valence-electron chi connectivity index (χ1n) is 8.16. The normalized spacial score (nSPS) is 15.1. The second-order valence-corrected chi connectivity index (χ2v) is 6.47. The van der Waals surface area contributed by atoms with Crippen molar-refractivity contribution in [1.29, 1.82) is 0 Å². The van der Waals surface area contributed by atoms with Crippen LogP contribution in [0.1, 0.15) is 11.1 Å². The summed E-state index contributed by atoms with van der Waals surface area (Å²) >= 11 is 5.93. The summed E-state index contributed by atoms with van der Waals surface area (Å²) in [5, 5.41) is 0.744. The fourth-order valence-electron chi connectivity index (χ4n) is 2.79. The lowest BCUT2D eigenvalue weighted by Crippen LogP contribution is -2.48. The predicted molar refractivity (Wildman–Crippen MR) is 100 cm³/mol. The first-order valence-corrected chi connectivity index (χ1v) is 8.54. The van der Waals surface area contributed by atoms with Crippen LogP contribution in [-0.2, 0) is 4.79 Å². The molecular weight excluding hydrogens is 320 g/mol. The fourth-order valence-corrected chi connectivity index (χ4v) is 2.91. The first-order chi connectivity index (χ1) is 11.6. The lowest BCUT2D eigenvalue weighted by molar-refractivity contribution is -0.126. The Balaban J connectivity index is 1.55. The van der Waals surface area contributed by atoms with Crippen molar-refractivity contribution in [2.45, 2.75) is 6.92 Å². The van der Waals surface area contributed by atoms with Crippen molar-refractivity contribution < 1.29 is 4.79 Å². The van der Waals surface area contributed by atoms with Crippen molar-refractivity contribution in [2.75, 3.05) is 31.1 Å². The number of benzene rings is 2. The van der Waals surface area contributed by atoms with Crippen LogP contribution >= 0.6 is 11.6 Å². The van der Waals surface area contributed by atoms with Crippen molar-refractivity contribution in [3.63, 3.8) is 0 Å². The van der Waals surface area contributed by atoms with E-state index in [1.54, 1.807) is 6.08 Å². The number of hydrogen-bond acceptors (Lipinski definition) is 2. The largest absolute Gasteiger partial charge is 0.368 e. The zero-order valence-electron chi connectivity index (χ0n) is 13.8. The highest BCUT2D eigenvalue weighted by atomic mass is 35.5. The summed E-state index contributed by atoms with van der Waals surface area (Å²) in [6, 6.07) is 16.0. The van der Waals surface area contributed by atoms with E-state index in [2.05, 4.69) is 24.0 Å². The molecule has 2 aromatic rings. The Kier molecular flexibility index (Phi) is 5.21. The molecule has 1 aliphatic heterocycles. The molecular formula is C20H21ClN2O. The highest BCUT2D eigenvalue weighted by Crippen LogP contribution is 2.19. The average Bonchev–Trinajstić information content (AvgIpc) is 2.62. The van der Waals surface area contributed by atoms with Crippen LogP contribution < -0.4 is 4.90 Å². The Labute approximate surface area is 148 Å². The van der Waals surface area contributed by atoms with E-state index in [0.717, 1.165) is 42.5 Å². The topological polar surface area (TPSA) is 23.6 Å². The number of piperazine rings is 1. The summed E-state index contributed by atoms with van der Waals surface area (Å²) in [5.41, 5.74) is 3.42. The van der Waals surface area contributed by atoms with Gasteiger partial charge in [0, 0.05) is 43.0 Å². The molecule has 0 unspecified atom stereocenters. The third kappa shape index (κ3) is 4.18. The lowest BCUT2D eigenvalue weighted by atomic mass is 10.1. The molecule has 0 spiro atoms. The summed E-state index contributed by atoms with van der Waals surface area (Å²) in [6.07, 6.45) is 3.55. The van der Waals surface area contributed by atoms with Gasteiger partial charge >= 0.3 is 0 Å². The highest BCUT2D eigenvalue weighted by Gasteiger charge is 2.19. The van der Waals surface area contributed by atoms with E-state index in [4.69, 9.17) is 11.6 Å².